The lowest BCUT2D eigenvalue weighted by Gasteiger charge is -2.18. The minimum atomic E-state index is 0.400. The lowest BCUT2D eigenvalue weighted by molar-refractivity contribution is 0.413. The number of nitrogens with two attached hydrogens (primary N) is 1. The zero-order valence-electron chi connectivity index (χ0n) is 11.1. The molecular formula is C14H24N2O. The first-order valence-corrected chi connectivity index (χ1v) is 6.22. The van der Waals surface area contributed by atoms with Gasteiger partial charge in [0.05, 0.1) is 7.11 Å². The Morgan fingerprint density at radius 2 is 1.88 bits per heavy atom. The van der Waals surface area contributed by atoms with Gasteiger partial charge in [-0.1, -0.05) is 26.0 Å². The molecule has 0 aromatic heterocycles. The average molecular weight is 236 g/mol. The zero-order valence-corrected chi connectivity index (χ0v) is 11.1. The van der Waals surface area contributed by atoms with Crippen molar-refractivity contribution in [1.29, 1.82) is 0 Å². The molecular weight excluding hydrogens is 212 g/mol. The van der Waals surface area contributed by atoms with E-state index in [0.717, 1.165) is 18.7 Å². The van der Waals surface area contributed by atoms with Crippen LogP contribution >= 0.6 is 0 Å². The fourth-order valence-electron chi connectivity index (χ4n) is 1.84. The van der Waals surface area contributed by atoms with E-state index in [-0.39, 0.29) is 0 Å². The van der Waals surface area contributed by atoms with Crippen molar-refractivity contribution in [2.24, 2.45) is 11.7 Å². The van der Waals surface area contributed by atoms with Crippen molar-refractivity contribution in [2.75, 3.05) is 13.7 Å². The first-order valence-electron chi connectivity index (χ1n) is 6.22. The van der Waals surface area contributed by atoms with Crippen LogP contribution < -0.4 is 15.8 Å². The molecule has 0 aliphatic heterocycles. The van der Waals surface area contributed by atoms with Crippen molar-refractivity contribution in [3.63, 3.8) is 0 Å². The molecule has 0 amide bonds. The summed E-state index contributed by atoms with van der Waals surface area (Å²) in [6, 6.07) is 8.52. The van der Waals surface area contributed by atoms with Crippen LogP contribution in [0.15, 0.2) is 24.3 Å². The molecule has 0 spiro atoms. The summed E-state index contributed by atoms with van der Waals surface area (Å²) in [7, 11) is 1.68. The molecule has 0 aliphatic carbocycles. The highest BCUT2D eigenvalue weighted by Crippen LogP contribution is 2.11. The van der Waals surface area contributed by atoms with E-state index in [2.05, 4.69) is 31.3 Å². The van der Waals surface area contributed by atoms with E-state index < -0.39 is 0 Å². The number of ether oxygens (including phenoxy) is 1. The Morgan fingerprint density at radius 1 is 1.24 bits per heavy atom. The van der Waals surface area contributed by atoms with Gasteiger partial charge in [-0.3, -0.25) is 0 Å². The second kappa shape index (κ2) is 7.30. The number of rotatable bonds is 7. The van der Waals surface area contributed by atoms with Crippen LogP contribution in [0, 0.1) is 5.92 Å². The molecule has 1 atom stereocenters. The van der Waals surface area contributed by atoms with E-state index in [4.69, 9.17) is 10.5 Å². The zero-order chi connectivity index (χ0) is 12.7. The standard InChI is InChI=1S/C14H24N2O/c1-11(2)8-13(9-15)16-10-12-4-6-14(17-3)7-5-12/h4-7,11,13,16H,8-10,15H2,1-3H3. The van der Waals surface area contributed by atoms with Gasteiger partial charge in [-0.25, -0.2) is 0 Å². The topological polar surface area (TPSA) is 47.3 Å². The van der Waals surface area contributed by atoms with E-state index >= 15 is 0 Å². The first kappa shape index (κ1) is 14.0. The van der Waals surface area contributed by atoms with Crippen LogP contribution in [-0.2, 0) is 6.54 Å². The van der Waals surface area contributed by atoms with Crippen LogP contribution in [0.3, 0.4) is 0 Å². The van der Waals surface area contributed by atoms with Gasteiger partial charge in [0.2, 0.25) is 0 Å². The summed E-state index contributed by atoms with van der Waals surface area (Å²) in [6.07, 6.45) is 1.12. The van der Waals surface area contributed by atoms with Crippen LogP contribution in [0.4, 0.5) is 0 Å². The van der Waals surface area contributed by atoms with Crippen LogP contribution in [0.25, 0.3) is 0 Å². The molecule has 0 aliphatic rings. The monoisotopic (exact) mass is 236 g/mol. The highest BCUT2D eigenvalue weighted by molar-refractivity contribution is 5.27. The summed E-state index contributed by atoms with van der Waals surface area (Å²) < 4.78 is 5.13. The molecule has 3 N–H and O–H groups in total. The molecule has 0 saturated carbocycles. The quantitative estimate of drug-likeness (QED) is 0.762. The van der Waals surface area contributed by atoms with Gasteiger partial charge in [0.1, 0.15) is 5.75 Å². The van der Waals surface area contributed by atoms with Crippen LogP contribution in [0.5, 0.6) is 5.75 Å². The number of hydrogen-bond acceptors (Lipinski definition) is 3. The maximum Gasteiger partial charge on any atom is 0.118 e. The SMILES string of the molecule is COc1ccc(CNC(CN)CC(C)C)cc1. The second-order valence-corrected chi connectivity index (χ2v) is 4.79. The van der Waals surface area contributed by atoms with Crippen molar-refractivity contribution in [3.8, 4) is 5.75 Å². The van der Waals surface area contributed by atoms with Gasteiger partial charge in [-0.2, -0.15) is 0 Å². The van der Waals surface area contributed by atoms with Gasteiger partial charge in [0.15, 0.2) is 0 Å². The molecule has 1 aromatic carbocycles. The molecule has 96 valence electrons. The van der Waals surface area contributed by atoms with Crippen molar-refractivity contribution in [3.05, 3.63) is 29.8 Å². The number of hydrogen-bond donors (Lipinski definition) is 2. The smallest absolute Gasteiger partial charge is 0.118 e. The van der Waals surface area contributed by atoms with Crippen molar-refractivity contribution in [1.82, 2.24) is 5.32 Å². The minimum absolute atomic E-state index is 0.400. The van der Waals surface area contributed by atoms with Gasteiger partial charge in [-0.05, 0) is 30.0 Å². The highest BCUT2D eigenvalue weighted by Gasteiger charge is 2.08. The molecule has 0 fully saturated rings. The van der Waals surface area contributed by atoms with E-state index in [1.807, 2.05) is 12.1 Å². The van der Waals surface area contributed by atoms with Gasteiger partial charge in [-0.15, -0.1) is 0 Å². The summed E-state index contributed by atoms with van der Waals surface area (Å²) in [6.45, 7) is 5.99. The van der Waals surface area contributed by atoms with E-state index in [1.54, 1.807) is 7.11 Å². The van der Waals surface area contributed by atoms with Crippen LogP contribution in [0.1, 0.15) is 25.8 Å². The maximum absolute atomic E-state index is 5.75. The van der Waals surface area contributed by atoms with Crippen LogP contribution in [-0.4, -0.2) is 19.7 Å². The third kappa shape index (κ3) is 5.20. The minimum Gasteiger partial charge on any atom is -0.497 e. The summed E-state index contributed by atoms with van der Waals surface area (Å²) in [5.74, 6) is 1.57. The van der Waals surface area contributed by atoms with Crippen molar-refractivity contribution in [2.45, 2.75) is 32.9 Å². The summed E-state index contributed by atoms with van der Waals surface area (Å²) >= 11 is 0. The molecule has 0 radical (unpaired) electrons. The lowest BCUT2D eigenvalue weighted by atomic mass is 10.0. The molecule has 3 nitrogen and oxygen atoms in total. The molecule has 0 saturated heterocycles. The van der Waals surface area contributed by atoms with Gasteiger partial charge < -0.3 is 15.8 Å². The summed E-state index contributed by atoms with van der Waals surface area (Å²) in [5.41, 5.74) is 7.01. The molecule has 17 heavy (non-hydrogen) atoms. The van der Waals surface area contributed by atoms with Crippen molar-refractivity contribution >= 4 is 0 Å². The molecule has 3 heteroatoms. The fourth-order valence-corrected chi connectivity index (χ4v) is 1.84. The third-order valence-electron chi connectivity index (χ3n) is 2.79. The van der Waals surface area contributed by atoms with E-state index in [0.29, 0.717) is 18.5 Å². The number of nitrogens with one attached hydrogen (secondary N) is 1. The lowest BCUT2D eigenvalue weighted by Crippen LogP contribution is -2.36. The predicted octanol–water partition coefficient (Wildman–Crippen LogP) is 2.16. The molecule has 1 aromatic rings. The molecule has 1 rings (SSSR count). The average Bonchev–Trinajstić information content (AvgIpc) is 2.34. The first-order chi connectivity index (χ1) is 8.15. The molecule has 0 bridgehead atoms. The van der Waals surface area contributed by atoms with Gasteiger partial charge in [0.25, 0.3) is 0 Å². The number of benzene rings is 1. The van der Waals surface area contributed by atoms with E-state index in [9.17, 15) is 0 Å². The largest absolute Gasteiger partial charge is 0.497 e. The molecule has 1 unspecified atom stereocenters. The Kier molecular flexibility index (Phi) is 6.01. The predicted molar refractivity (Wildman–Crippen MR) is 72.1 cm³/mol. The Bertz CT molecular complexity index is 309. The molecule has 0 heterocycles. The van der Waals surface area contributed by atoms with Crippen molar-refractivity contribution < 1.29 is 4.74 Å². The van der Waals surface area contributed by atoms with Gasteiger partial charge >= 0.3 is 0 Å². The third-order valence-corrected chi connectivity index (χ3v) is 2.79. The summed E-state index contributed by atoms with van der Waals surface area (Å²) in [5, 5.41) is 3.49. The Labute approximate surface area is 104 Å². The highest BCUT2D eigenvalue weighted by atomic mass is 16.5. The normalized spacial score (nSPS) is 12.8. The Morgan fingerprint density at radius 3 is 2.35 bits per heavy atom. The summed E-state index contributed by atoms with van der Waals surface area (Å²) in [4.78, 5) is 0. The van der Waals surface area contributed by atoms with Gasteiger partial charge in [0, 0.05) is 19.1 Å². The van der Waals surface area contributed by atoms with Crippen LogP contribution in [0.2, 0.25) is 0 Å². The maximum atomic E-state index is 5.75. The Balaban J connectivity index is 2.42. The Hall–Kier alpha value is -1.06. The number of methoxy groups -OCH3 is 1. The second-order valence-electron chi connectivity index (χ2n) is 4.79. The van der Waals surface area contributed by atoms with E-state index in [1.165, 1.54) is 5.56 Å². The fraction of sp³-hybridized carbons (Fsp3) is 0.571.